The minimum atomic E-state index is -2.69. The number of rotatable bonds is 6. The van der Waals surface area contributed by atoms with Gasteiger partial charge in [0.25, 0.3) is 12.3 Å². The summed E-state index contributed by atoms with van der Waals surface area (Å²) in [5, 5.41) is 6.52. The lowest BCUT2D eigenvalue weighted by molar-refractivity contribution is 0.0950. The van der Waals surface area contributed by atoms with Gasteiger partial charge >= 0.3 is 0 Å². The lowest BCUT2D eigenvalue weighted by Gasteiger charge is -2.06. The molecule has 2 heterocycles. The number of alkyl halides is 2. The van der Waals surface area contributed by atoms with Gasteiger partial charge in [0.05, 0.1) is 6.20 Å². The van der Waals surface area contributed by atoms with Crippen LogP contribution >= 0.6 is 0 Å². The van der Waals surface area contributed by atoms with Crippen LogP contribution in [0.5, 0.6) is 0 Å². The van der Waals surface area contributed by atoms with Crippen LogP contribution in [0.2, 0.25) is 0 Å². The maximum absolute atomic E-state index is 13.0. The van der Waals surface area contributed by atoms with Crippen LogP contribution in [0.3, 0.4) is 0 Å². The van der Waals surface area contributed by atoms with E-state index in [4.69, 9.17) is 4.74 Å². The summed E-state index contributed by atoms with van der Waals surface area (Å²) >= 11 is 0. The highest BCUT2D eigenvalue weighted by Crippen LogP contribution is 2.21. The van der Waals surface area contributed by atoms with Crippen LogP contribution in [-0.2, 0) is 4.74 Å². The Morgan fingerprint density at radius 1 is 1.52 bits per heavy atom. The summed E-state index contributed by atoms with van der Waals surface area (Å²) in [5.74, 6) is -0.389. The van der Waals surface area contributed by atoms with Gasteiger partial charge in [0.15, 0.2) is 5.65 Å². The number of fused-ring (bicyclic) bond motifs is 1. The van der Waals surface area contributed by atoms with Gasteiger partial charge in [-0.2, -0.15) is 5.10 Å². The first kappa shape index (κ1) is 15.3. The molecule has 2 aromatic heterocycles. The second-order valence-electron chi connectivity index (χ2n) is 4.52. The lowest BCUT2D eigenvalue weighted by Crippen LogP contribution is -2.25. The van der Waals surface area contributed by atoms with E-state index in [1.807, 2.05) is 0 Å². The van der Waals surface area contributed by atoms with Gasteiger partial charge in [0, 0.05) is 26.0 Å². The molecule has 0 fully saturated rings. The SMILES string of the molecule is COCCCNC(=O)c1cnn2c(C(F)F)cc(C)nc12. The number of hydrogen-bond donors (Lipinski definition) is 1. The molecule has 2 aromatic rings. The highest BCUT2D eigenvalue weighted by molar-refractivity contribution is 5.99. The molecule has 2 rings (SSSR count). The number of methoxy groups -OCH3 is 1. The molecule has 0 spiro atoms. The molecule has 0 radical (unpaired) electrons. The molecule has 0 unspecified atom stereocenters. The standard InChI is InChI=1S/C13H16F2N4O2/c1-8-6-10(11(14)15)19-12(18-8)9(7-17-19)13(20)16-4-3-5-21-2/h6-7,11H,3-5H2,1-2H3,(H,16,20). The summed E-state index contributed by atoms with van der Waals surface area (Å²) in [4.78, 5) is 16.2. The largest absolute Gasteiger partial charge is 0.385 e. The summed E-state index contributed by atoms with van der Waals surface area (Å²) in [7, 11) is 1.58. The Labute approximate surface area is 120 Å². The molecule has 0 aliphatic heterocycles. The lowest BCUT2D eigenvalue weighted by atomic mass is 10.3. The molecule has 114 valence electrons. The quantitative estimate of drug-likeness (QED) is 0.825. The first-order valence-electron chi connectivity index (χ1n) is 6.45. The first-order valence-corrected chi connectivity index (χ1v) is 6.45. The fraction of sp³-hybridized carbons (Fsp3) is 0.462. The van der Waals surface area contributed by atoms with Gasteiger partial charge in [-0.1, -0.05) is 0 Å². The number of carbonyl (C=O) groups is 1. The number of amides is 1. The van der Waals surface area contributed by atoms with Gasteiger partial charge in [-0.3, -0.25) is 4.79 Å². The van der Waals surface area contributed by atoms with Gasteiger partial charge in [0.2, 0.25) is 0 Å². The molecule has 0 saturated heterocycles. The molecule has 0 bridgehead atoms. The van der Waals surface area contributed by atoms with E-state index in [0.717, 1.165) is 4.52 Å². The molecule has 8 heteroatoms. The van der Waals surface area contributed by atoms with Crippen molar-refractivity contribution in [3.05, 3.63) is 29.2 Å². The molecule has 0 aliphatic rings. The normalized spacial score (nSPS) is 11.3. The van der Waals surface area contributed by atoms with Crippen LogP contribution in [0, 0.1) is 6.92 Å². The van der Waals surface area contributed by atoms with E-state index >= 15 is 0 Å². The number of nitrogens with one attached hydrogen (secondary N) is 1. The van der Waals surface area contributed by atoms with E-state index in [1.165, 1.54) is 12.3 Å². The summed E-state index contributed by atoms with van der Waals surface area (Å²) in [6.07, 6.45) is -0.776. The molecule has 0 saturated carbocycles. The minimum Gasteiger partial charge on any atom is -0.385 e. The zero-order chi connectivity index (χ0) is 15.4. The molecular weight excluding hydrogens is 282 g/mol. The maximum atomic E-state index is 13.0. The van der Waals surface area contributed by atoms with Crippen LogP contribution in [0.15, 0.2) is 12.3 Å². The highest BCUT2D eigenvalue weighted by Gasteiger charge is 2.19. The zero-order valence-corrected chi connectivity index (χ0v) is 11.8. The third kappa shape index (κ3) is 3.33. The van der Waals surface area contributed by atoms with E-state index in [-0.39, 0.29) is 22.8 Å². The molecular formula is C13H16F2N4O2. The summed E-state index contributed by atoms with van der Waals surface area (Å²) in [6.45, 7) is 2.55. The number of aromatic nitrogens is 3. The molecule has 21 heavy (non-hydrogen) atoms. The number of carbonyl (C=O) groups excluding carboxylic acids is 1. The van der Waals surface area contributed by atoms with Crippen LogP contribution < -0.4 is 5.32 Å². The average Bonchev–Trinajstić information content (AvgIpc) is 2.85. The van der Waals surface area contributed by atoms with Crippen LogP contribution in [0.4, 0.5) is 8.78 Å². The summed E-state index contributed by atoms with van der Waals surface area (Å²) < 4.78 is 31.8. The molecule has 0 aliphatic carbocycles. The average molecular weight is 298 g/mol. The van der Waals surface area contributed by atoms with E-state index in [1.54, 1.807) is 14.0 Å². The fourth-order valence-corrected chi connectivity index (χ4v) is 1.94. The maximum Gasteiger partial charge on any atom is 0.280 e. The van der Waals surface area contributed by atoms with E-state index in [2.05, 4.69) is 15.4 Å². The Morgan fingerprint density at radius 3 is 2.95 bits per heavy atom. The highest BCUT2D eigenvalue weighted by atomic mass is 19.3. The molecule has 1 amide bonds. The predicted molar refractivity (Wildman–Crippen MR) is 71.5 cm³/mol. The first-order chi connectivity index (χ1) is 10.0. The zero-order valence-electron chi connectivity index (χ0n) is 11.8. The number of aryl methyl sites for hydroxylation is 1. The molecule has 0 aromatic carbocycles. The van der Waals surface area contributed by atoms with Crippen molar-refractivity contribution in [3.8, 4) is 0 Å². The van der Waals surface area contributed by atoms with E-state index < -0.39 is 6.43 Å². The minimum absolute atomic E-state index is 0.134. The van der Waals surface area contributed by atoms with Crippen LogP contribution in [0.25, 0.3) is 5.65 Å². The van der Waals surface area contributed by atoms with Crippen molar-refractivity contribution in [1.29, 1.82) is 0 Å². The Hall–Kier alpha value is -2.09. The number of hydrogen-bond acceptors (Lipinski definition) is 4. The molecule has 0 atom stereocenters. The number of halogens is 2. The number of nitrogens with zero attached hydrogens (tertiary/aromatic N) is 3. The van der Waals surface area contributed by atoms with Crippen molar-refractivity contribution in [2.45, 2.75) is 19.8 Å². The Balaban J connectivity index is 2.27. The Bertz CT molecular complexity index is 642. The van der Waals surface area contributed by atoms with Gasteiger partial charge < -0.3 is 10.1 Å². The van der Waals surface area contributed by atoms with Gasteiger partial charge in [-0.05, 0) is 19.4 Å². The van der Waals surface area contributed by atoms with Gasteiger partial charge in [-0.15, -0.1) is 0 Å². The van der Waals surface area contributed by atoms with Crippen LogP contribution in [0.1, 0.15) is 34.6 Å². The molecule has 1 N–H and O–H groups in total. The van der Waals surface area contributed by atoms with Gasteiger partial charge in [0.1, 0.15) is 11.3 Å². The second kappa shape index (κ2) is 6.57. The third-order valence-corrected chi connectivity index (χ3v) is 2.91. The number of ether oxygens (including phenoxy) is 1. The second-order valence-corrected chi connectivity index (χ2v) is 4.52. The fourth-order valence-electron chi connectivity index (χ4n) is 1.94. The smallest absolute Gasteiger partial charge is 0.280 e. The van der Waals surface area contributed by atoms with Crippen molar-refractivity contribution in [1.82, 2.24) is 19.9 Å². The Kier molecular flexibility index (Phi) is 4.79. The van der Waals surface area contributed by atoms with Crippen LogP contribution in [-0.4, -0.2) is 40.8 Å². The van der Waals surface area contributed by atoms with Crippen molar-refractivity contribution in [2.24, 2.45) is 0 Å². The predicted octanol–water partition coefficient (Wildman–Crippen LogP) is 1.74. The third-order valence-electron chi connectivity index (χ3n) is 2.91. The van der Waals surface area contributed by atoms with Crippen molar-refractivity contribution < 1.29 is 18.3 Å². The van der Waals surface area contributed by atoms with Gasteiger partial charge in [-0.25, -0.2) is 18.3 Å². The molecule has 6 nitrogen and oxygen atoms in total. The van der Waals surface area contributed by atoms with Crippen molar-refractivity contribution in [2.75, 3.05) is 20.3 Å². The van der Waals surface area contributed by atoms with E-state index in [0.29, 0.717) is 25.3 Å². The summed E-state index contributed by atoms with van der Waals surface area (Å²) in [5.41, 5.74) is 0.440. The Morgan fingerprint density at radius 2 is 2.29 bits per heavy atom. The van der Waals surface area contributed by atoms with E-state index in [9.17, 15) is 13.6 Å². The van der Waals surface area contributed by atoms with Crippen molar-refractivity contribution >= 4 is 11.6 Å². The monoisotopic (exact) mass is 298 g/mol. The summed E-state index contributed by atoms with van der Waals surface area (Å²) in [6, 6.07) is 1.25. The van der Waals surface area contributed by atoms with Crippen molar-refractivity contribution in [3.63, 3.8) is 0 Å². The topological polar surface area (TPSA) is 68.5 Å².